The Bertz CT molecular complexity index is 343. The number of aliphatic carboxylic acids is 1. The summed E-state index contributed by atoms with van der Waals surface area (Å²) in [5.74, 6) is -0.827. The van der Waals surface area contributed by atoms with Gasteiger partial charge in [-0.2, -0.15) is 0 Å². The Morgan fingerprint density at radius 2 is 2.22 bits per heavy atom. The van der Waals surface area contributed by atoms with Gasteiger partial charge in [-0.15, -0.1) is 6.58 Å². The Labute approximate surface area is 108 Å². The van der Waals surface area contributed by atoms with Crippen molar-refractivity contribution in [1.82, 2.24) is 9.80 Å². The summed E-state index contributed by atoms with van der Waals surface area (Å²) in [7, 11) is 0. The molecule has 1 rings (SSSR count). The van der Waals surface area contributed by atoms with Crippen LogP contribution in [0.1, 0.15) is 26.7 Å². The molecule has 0 aromatic heterocycles. The Kier molecular flexibility index (Phi) is 4.76. The normalized spacial score (nSPS) is 23.6. The van der Waals surface area contributed by atoms with Crippen molar-refractivity contribution >= 4 is 12.0 Å². The van der Waals surface area contributed by atoms with Gasteiger partial charge >= 0.3 is 12.0 Å². The zero-order valence-corrected chi connectivity index (χ0v) is 11.2. The first kappa shape index (κ1) is 14.5. The molecule has 1 aliphatic rings. The van der Waals surface area contributed by atoms with Gasteiger partial charge in [-0.1, -0.05) is 6.08 Å². The summed E-state index contributed by atoms with van der Waals surface area (Å²) in [6.45, 7) is 9.26. The van der Waals surface area contributed by atoms with E-state index >= 15 is 0 Å². The smallest absolute Gasteiger partial charge is 0.320 e. The van der Waals surface area contributed by atoms with E-state index in [1.54, 1.807) is 22.8 Å². The molecule has 0 spiro atoms. The first-order chi connectivity index (χ1) is 8.44. The van der Waals surface area contributed by atoms with Crippen LogP contribution in [0.3, 0.4) is 0 Å². The van der Waals surface area contributed by atoms with Gasteiger partial charge in [0, 0.05) is 26.2 Å². The molecule has 102 valence electrons. The number of hydrogen-bond acceptors (Lipinski definition) is 2. The lowest BCUT2D eigenvalue weighted by molar-refractivity contribution is -0.150. The standard InChI is InChI=1S/C13H22N2O3/c1-4-8-14(5-2)12(18)15-9-6-7-13(3,10-15)11(16)17/h4H,1,5-10H2,2-3H3,(H,16,17). The largest absolute Gasteiger partial charge is 0.481 e. The number of carbonyl (C=O) groups is 2. The molecule has 0 aromatic carbocycles. The quantitative estimate of drug-likeness (QED) is 0.778. The van der Waals surface area contributed by atoms with E-state index in [2.05, 4.69) is 6.58 Å². The van der Waals surface area contributed by atoms with Crippen LogP contribution in [0.5, 0.6) is 0 Å². The van der Waals surface area contributed by atoms with Gasteiger partial charge in [0.25, 0.3) is 0 Å². The number of likely N-dealkylation sites (tertiary alicyclic amines) is 1. The number of hydrogen-bond donors (Lipinski definition) is 1. The minimum atomic E-state index is -0.827. The lowest BCUT2D eigenvalue weighted by Gasteiger charge is -2.39. The van der Waals surface area contributed by atoms with Crippen molar-refractivity contribution in [2.24, 2.45) is 5.41 Å². The first-order valence-electron chi connectivity index (χ1n) is 6.32. The fourth-order valence-corrected chi connectivity index (χ4v) is 2.28. The molecule has 5 nitrogen and oxygen atoms in total. The third-order valence-corrected chi connectivity index (χ3v) is 3.48. The first-order valence-corrected chi connectivity index (χ1v) is 6.32. The van der Waals surface area contributed by atoms with Crippen LogP contribution in [0.2, 0.25) is 0 Å². The van der Waals surface area contributed by atoms with Gasteiger partial charge in [-0.05, 0) is 26.7 Å². The molecule has 1 saturated heterocycles. The van der Waals surface area contributed by atoms with Crippen LogP contribution >= 0.6 is 0 Å². The number of carboxylic acids is 1. The number of carboxylic acid groups (broad SMARTS) is 1. The van der Waals surface area contributed by atoms with E-state index in [-0.39, 0.29) is 12.6 Å². The second-order valence-electron chi connectivity index (χ2n) is 5.00. The zero-order chi connectivity index (χ0) is 13.8. The highest BCUT2D eigenvalue weighted by atomic mass is 16.4. The maximum atomic E-state index is 12.2. The molecular weight excluding hydrogens is 232 g/mol. The highest BCUT2D eigenvalue weighted by Crippen LogP contribution is 2.30. The molecule has 5 heteroatoms. The predicted octanol–water partition coefficient (Wildman–Crippen LogP) is 1.80. The Hall–Kier alpha value is -1.52. The fraction of sp³-hybridized carbons (Fsp3) is 0.692. The number of carbonyl (C=O) groups excluding carboxylic acids is 1. The van der Waals surface area contributed by atoms with Crippen molar-refractivity contribution in [2.75, 3.05) is 26.2 Å². The highest BCUT2D eigenvalue weighted by Gasteiger charge is 2.40. The third kappa shape index (κ3) is 3.03. The lowest BCUT2D eigenvalue weighted by atomic mass is 9.82. The number of likely N-dealkylation sites (N-methyl/N-ethyl adjacent to an activating group) is 1. The average Bonchev–Trinajstić information content (AvgIpc) is 2.35. The molecule has 2 amide bonds. The third-order valence-electron chi connectivity index (χ3n) is 3.48. The SMILES string of the molecule is C=CCN(CC)C(=O)N1CCCC(C)(C(=O)O)C1. The van der Waals surface area contributed by atoms with E-state index in [1.165, 1.54) is 0 Å². The van der Waals surface area contributed by atoms with E-state index < -0.39 is 11.4 Å². The van der Waals surface area contributed by atoms with E-state index in [1.807, 2.05) is 6.92 Å². The average molecular weight is 254 g/mol. The number of piperidine rings is 1. The molecule has 1 atom stereocenters. The summed E-state index contributed by atoms with van der Waals surface area (Å²) in [4.78, 5) is 26.8. The van der Waals surface area contributed by atoms with Crippen LogP contribution in [0.15, 0.2) is 12.7 Å². The molecule has 1 N–H and O–H groups in total. The molecule has 1 fully saturated rings. The number of nitrogens with zero attached hydrogens (tertiary/aromatic N) is 2. The molecule has 1 heterocycles. The van der Waals surface area contributed by atoms with Crippen molar-refractivity contribution in [2.45, 2.75) is 26.7 Å². The summed E-state index contributed by atoms with van der Waals surface area (Å²) in [5, 5.41) is 9.23. The molecule has 0 aromatic rings. The fourth-order valence-electron chi connectivity index (χ4n) is 2.28. The predicted molar refractivity (Wildman–Crippen MR) is 69.4 cm³/mol. The monoisotopic (exact) mass is 254 g/mol. The van der Waals surface area contributed by atoms with Crippen molar-refractivity contribution in [3.63, 3.8) is 0 Å². The van der Waals surface area contributed by atoms with Gasteiger partial charge in [0.05, 0.1) is 5.41 Å². The van der Waals surface area contributed by atoms with Crippen LogP contribution in [0.25, 0.3) is 0 Å². The molecule has 0 aliphatic carbocycles. The summed E-state index contributed by atoms with van der Waals surface area (Å²) >= 11 is 0. The van der Waals surface area contributed by atoms with Crippen molar-refractivity contribution in [3.05, 3.63) is 12.7 Å². The van der Waals surface area contributed by atoms with E-state index in [0.29, 0.717) is 26.1 Å². The molecule has 0 radical (unpaired) electrons. The molecular formula is C13H22N2O3. The van der Waals surface area contributed by atoms with Gasteiger partial charge in [0.15, 0.2) is 0 Å². The molecule has 0 bridgehead atoms. The van der Waals surface area contributed by atoms with Crippen molar-refractivity contribution in [1.29, 1.82) is 0 Å². The maximum Gasteiger partial charge on any atom is 0.320 e. The minimum absolute atomic E-state index is 0.0930. The Morgan fingerprint density at radius 3 is 2.72 bits per heavy atom. The molecule has 0 saturated carbocycles. The Morgan fingerprint density at radius 1 is 1.56 bits per heavy atom. The number of urea groups is 1. The highest BCUT2D eigenvalue weighted by molar-refractivity contribution is 5.78. The van der Waals surface area contributed by atoms with Gasteiger partial charge in [-0.25, -0.2) is 4.79 Å². The lowest BCUT2D eigenvalue weighted by Crippen LogP contribution is -2.52. The zero-order valence-electron chi connectivity index (χ0n) is 11.2. The van der Waals surface area contributed by atoms with Crippen molar-refractivity contribution < 1.29 is 14.7 Å². The van der Waals surface area contributed by atoms with E-state index in [4.69, 9.17) is 0 Å². The van der Waals surface area contributed by atoms with Gasteiger partial charge in [0.1, 0.15) is 0 Å². The topological polar surface area (TPSA) is 60.9 Å². The van der Waals surface area contributed by atoms with Crippen LogP contribution < -0.4 is 0 Å². The minimum Gasteiger partial charge on any atom is -0.481 e. The van der Waals surface area contributed by atoms with Crippen molar-refractivity contribution in [3.8, 4) is 0 Å². The van der Waals surface area contributed by atoms with Crippen LogP contribution in [0.4, 0.5) is 4.79 Å². The van der Waals surface area contributed by atoms with Gasteiger partial charge in [0.2, 0.25) is 0 Å². The van der Waals surface area contributed by atoms with Crippen LogP contribution in [-0.2, 0) is 4.79 Å². The molecule has 1 aliphatic heterocycles. The van der Waals surface area contributed by atoms with Gasteiger partial charge < -0.3 is 14.9 Å². The van der Waals surface area contributed by atoms with Gasteiger partial charge in [-0.3, -0.25) is 4.79 Å². The second kappa shape index (κ2) is 5.89. The second-order valence-corrected chi connectivity index (χ2v) is 5.00. The summed E-state index contributed by atoms with van der Waals surface area (Å²) in [6.07, 6.45) is 3.04. The Balaban J connectivity index is 2.74. The summed E-state index contributed by atoms with van der Waals surface area (Å²) < 4.78 is 0. The summed E-state index contributed by atoms with van der Waals surface area (Å²) in [6, 6.07) is -0.0930. The summed E-state index contributed by atoms with van der Waals surface area (Å²) in [5.41, 5.74) is -0.818. The maximum absolute atomic E-state index is 12.2. The number of amides is 2. The van der Waals surface area contributed by atoms with Crippen LogP contribution in [0, 0.1) is 5.41 Å². The number of rotatable bonds is 4. The molecule has 18 heavy (non-hydrogen) atoms. The van der Waals surface area contributed by atoms with Crippen LogP contribution in [-0.4, -0.2) is 53.1 Å². The molecule has 1 unspecified atom stereocenters. The van der Waals surface area contributed by atoms with E-state index in [0.717, 1.165) is 6.42 Å². The van der Waals surface area contributed by atoms with E-state index in [9.17, 15) is 14.7 Å².